The first-order valence-corrected chi connectivity index (χ1v) is 6.46. The molecule has 0 N–H and O–H groups in total. The average molecular weight is 222 g/mol. The molecule has 0 bridgehead atoms. The van der Waals surface area contributed by atoms with Crippen molar-refractivity contribution in [3.8, 4) is 0 Å². The van der Waals surface area contributed by atoms with Gasteiger partial charge in [0.1, 0.15) is 12.1 Å². The van der Waals surface area contributed by atoms with Crippen LogP contribution in [0, 0.1) is 0 Å². The van der Waals surface area contributed by atoms with Crippen LogP contribution in [0.5, 0.6) is 0 Å². The highest BCUT2D eigenvalue weighted by Crippen LogP contribution is 2.19. The molecule has 1 aliphatic carbocycles. The van der Waals surface area contributed by atoms with Crippen molar-refractivity contribution in [2.45, 2.75) is 64.2 Å². The third-order valence-electron chi connectivity index (χ3n) is 3.12. The van der Waals surface area contributed by atoms with E-state index < -0.39 is 0 Å². The van der Waals surface area contributed by atoms with Crippen LogP contribution in [-0.4, -0.2) is 12.1 Å². The summed E-state index contributed by atoms with van der Waals surface area (Å²) < 4.78 is 0. The Morgan fingerprint density at radius 1 is 1.12 bits per heavy atom. The second kappa shape index (κ2) is 8.26. The third-order valence-corrected chi connectivity index (χ3v) is 3.12. The topological polar surface area (TPSA) is 34.1 Å². The van der Waals surface area contributed by atoms with E-state index in [4.69, 9.17) is 0 Å². The Morgan fingerprint density at radius 2 is 1.88 bits per heavy atom. The Hall–Kier alpha value is -0.920. The van der Waals surface area contributed by atoms with Gasteiger partial charge in [-0.2, -0.15) is 0 Å². The number of ketones is 1. The van der Waals surface area contributed by atoms with E-state index in [0.29, 0.717) is 12.2 Å². The zero-order valence-corrected chi connectivity index (χ0v) is 10.0. The predicted octanol–water partition coefficient (Wildman–Crippen LogP) is 3.60. The molecule has 0 aliphatic heterocycles. The summed E-state index contributed by atoms with van der Waals surface area (Å²) >= 11 is 0. The van der Waals surface area contributed by atoms with Crippen LogP contribution in [0.3, 0.4) is 0 Å². The van der Waals surface area contributed by atoms with E-state index in [1.54, 1.807) is 0 Å². The van der Waals surface area contributed by atoms with Crippen molar-refractivity contribution in [1.82, 2.24) is 0 Å². The number of carbonyl (C=O) groups excluding carboxylic acids is 2. The molecule has 0 saturated heterocycles. The zero-order valence-electron chi connectivity index (χ0n) is 10.0. The monoisotopic (exact) mass is 222 g/mol. The van der Waals surface area contributed by atoms with Crippen LogP contribution in [0.4, 0.5) is 0 Å². The molecular weight excluding hydrogens is 200 g/mol. The van der Waals surface area contributed by atoms with Crippen molar-refractivity contribution >= 4 is 12.1 Å². The molecular formula is C14H22O2. The number of unbranched alkanes of at least 4 members (excludes halogenated alkanes) is 1. The summed E-state index contributed by atoms with van der Waals surface area (Å²) in [5.41, 5.74) is 1.50. The lowest BCUT2D eigenvalue weighted by Gasteiger charge is -2.09. The third kappa shape index (κ3) is 5.84. The highest BCUT2D eigenvalue weighted by atomic mass is 16.1. The molecule has 0 unspecified atom stereocenters. The maximum Gasteiger partial charge on any atom is 0.132 e. The van der Waals surface area contributed by atoms with Gasteiger partial charge in [-0.15, -0.1) is 0 Å². The summed E-state index contributed by atoms with van der Waals surface area (Å²) in [6.45, 7) is 0. The first-order valence-electron chi connectivity index (χ1n) is 6.46. The first kappa shape index (κ1) is 13.1. The average Bonchev–Trinajstić information content (AvgIpc) is 2.29. The van der Waals surface area contributed by atoms with Crippen molar-refractivity contribution < 1.29 is 9.59 Å². The van der Waals surface area contributed by atoms with Crippen molar-refractivity contribution in [1.29, 1.82) is 0 Å². The van der Waals surface area contributed by atoms with Gasteiger partial charge in [-0.3, -0.25) is 4.79 Å². The van der Waals surface area contributed by atoms with Crippen LogP contribution in [0.1, 0.15) is 64.2 Å². The van der Waals surface area contributed by atoms with Crippen molar-refractivity contribution in [3.05, 3.63) is 11.6 Å². The molecule has 2 heteroatoms. The van der Waals surface area contributed by atoms with Crippen LogP contribution in [0.2, 0.25) is 0 Å². The molecule has 0 aromatic carbocycles. The summed E-state index contributed by atoms with van der Waals surface area (Å²) in [5, 5.41) is 0. The number of hydrogen-bond donors (Lipinski definition) is 0. The standard InChI is InChI=1S/C14H22O2/c15-12-6-5-9-13-7-1-3-10-14(16)11-4-2-8-13/h7,12H,1-6,8-11H2/b13-7+. The van der Waals surface area contributed by atoms with E-state index in [1.807, 2.05) is 0 Å². The van der Waals surface area contributed by atoms with Gasteiger partial charge >= 0.3 is 0 Å². The smallest absolute Gasteiger partial charge is 0.132 e. The lowest BCUT2D eigenvalue weighted by atomic mass is 9.96. The van der Waals surface area contributed by atoms with Crippen LogP contribution in [-0.2, 0) is 9.59 Å². The number of hydrogen-bond acceptors (Lipinski definition) is 2. The summed E-state index contributed by atoms with van der Waals surface area (Å²) in [7, 11) is 0. The van der Waals surface area contributed by atoms with Gasteiger partial charge in [0, 0.05) is 19.3 Å². The molecule has 1 aliphatic rings. The predicted molar refractivity (Wildman–Crippen MR) is 65.3 cm³/mol. The summed E-state index contributed by atoms with van der Waals surface area (Å²) in [4.78, 5) is 21.6. The fraction of sp³-hybridized carbons (Fsp3) is 0.714. The Balaban J connectivity index is 2.35. The molecule has 0 saturated carbocycles. The normalized spacial score (nSPS) is 22.2. The first-order chi connectivity index (χ1) is 7.83. The van der Waals surface area contributed by atoms with Crippen molar-refractivity contribution in [2.24, 2.45) is 0 Å². The highest BCUT2D eigenvalue weighted by molar-refractivity contribution is 5.78. The van der Waals surface area contributed by atoms with Crippen LogP contribution in [0.15, 0.2) is 11.6 Å². The zero-order chi connectivity index (χ0) is 11.6. The van der Waals surface area contributed by atoms with E-state index in [-0.39, 0.29) is 0 Å². The van der Waals surface area contributed by atoms with E-state index in [2.05, 4.69) is 6.08 Å². The second-order valence-electron chi connectivity index (χ2n) is 4.56. The van der Waals surface area contributed by atoms with E-state index in [0.717, 1.165) is 64.1 Å². The van der Waals surface area contributed by atoms with Crippen LogP contribution in [0.25, 0.3) is 0 Å². The number of allylic oxidation sites excluding steroid dienone is 2. The molecule has 0 radical (unpaired) electrons. The minimum atomic E-state index is 0.429. The molecule has 0 fully saturated rings. The Morgan fingerprint density at radius 3 is 2.69 bits per heavy atom. The molecule has 0 heterocycles. The van der Waals surface area contributed by atoms with Crippen LogP contribution >= 0.6 is 0 Å². The summed E-state index contributed by atoms with van der Waals surface area (Å²) in [6, 6.07) is 0. The maximum atomic E-state index is 11.3. The van der Waals surface area contributed by atoms with E-state index >= 15 is 0 Å². The van der Waals surface area contributed by atoms with E-state index in [9.17, 15) is 9.59 Å². The molecule has 0 aromatic heterocycles. The SMILES string of the molecule is O=CCCC/C1=C/CCCC(=O)CCCC1. The number of aldehydes is 1. The molecule has 16 heavy (non-hydrogen) atoms. The number of carbonyl (C=O) groups is 2. The Labute approximate surface area is 98.1 Å². The van der Waals surface area contributed by atoms with Gasteiger partial charge < -0.3 is 4.79 Å². The van der Waals surface area contributed by atoms with Gasteiger partial charge in [-0.05, 0) is 44.9 Å². The maximum absolute atomic E-state index is 11.3. The lowest BCUT2D eigenvalue weighted by Crippen LogP contribution is -1.99. The molecule has 0 aromatic rings. The Bertz CT molecular complexity index is 253. The van der Waals surface area contributed by atoms with Gasteiger partial charge in [-0.25, -0.2) is 0 Å². The highest BCUT2D eigenvalue weighted by Gasteiger charge is 2.05. The molecule has 0 spiro atoms. The van der Waals surface area contributed by atoms with Crippen molar-refractivity contribution in [2.75, 3.05) is 0 Å². The summed E-state index contributed by atoms with van der Waals surface area (Å²) in [5.74, 6) is 0.429. The van der Waals surface area contributed by atoms with Gasteiger partial charge in [0.15, 0.2) is 0 Å². The molecule has 0 atom stereocenters. The second-order valence-corrected chi connectivity index (χ2v) is 4.56. The summed E-state index contributed by atoms with van der Waals surface area (Å²) in [6.07, 6.45) is 12.8. The van der Waals surface area contributed by atoms with Gasteiger partial charge in [0.05, 0.1) is 0 Å². The fourth-order valence-corrected chi connectivity index (χ4v) is 2.15. The van der Waals surface area contributed by atoms with Gasteiger partial charge in [0.25, 0.3) is 0 Å². The molecule has 1 rings (SSSR count). The minimum Gasteiger partial charge on any atom is -0.303 e. The van der Waals surface area contributed by atoms with Gasteiger partial charge in [-0.1, -0.05) is 11.6 Å². The molecule has 2 nitrogen and oxygen atoms in total. The fourth-order valence-electron chi connectivity index (χ4n) is 2.15. The Kier molecular flexibility index (Phi) is 6.78. The van der Waals surface area contributed by atoms with Crippen molar-refractivity contribution in [3.63, 3.8) is 0 Å². The van der Waals surface area contributed by atoms with E-state index in [1.165, 1.54) is 5.57 Å². The quantitative estimate of drug-likeness (QED) is 0.414. The molecule has 0 amide bonds. The van der Waals surface area contributed by atoms with Crippen LogP contribution < -0.4 is 0 Å². The van der Waals surface area contributed by atoms with Gasteiger partial charge in [0.2, 0.25) is 0 Å². The minimum absolute atomic E-state index is 0.429. The number of rotatable bonds is 4. The lowest BCUT2D eigenvalue weighted by molar-refractivity contribution is -0.119. The largest absolute Gasteiger partial charge is 0.303 e. The number of Topliss-reactive ketones (excluding diaryl/α,β-unsaturated/α-hetero) is 1. The molecule has 90 valence electrons.